The fourth-order valence-electron chi connectivity index (χ4n) is 2.98. The highest BCUT2D eigenvalue weighted by Gasteiger charge is 2.42. The minimum Gasteiger partial charge on any atom is -0.406 e. The minimum atomic E-state index is -0.232. The van der Waals surface area contributed by atoms with Crippen molar-refractivity contribution in [3.63, 3.8) is 0 Å². The highest BCUT2D eigenvalue weighted by molar-refractivity contribution is 5.33. The first kappa shape index (κ1) is 11.0. The molecule has 2 saturated heterocycles. The van der Waals surface area contributed by atoms with Crippen LogP contribution in [-0.2, 0) is 0 Å². The molecule has 0 amide bonds. The Morgan fingerprint density at radius 1 is 1.35 bits per heavy atom. The number of nitrogens with zero attached hydrogens (tertiary/aromatic N) is 3. The lowest BCUT2D eigenvalue weighted by molar-refractivity contribution is 0.124. The van der Waals surface area contributed by atoms with E-state index >= 15 is 0 Å². The number of rotatable bonds is 2. The minimum absolute atomic E-state index is 0.181. The van der Waals surface area contributed by atoms with Gasteiger partial charge >= 0.3 is 6.01 Å². The van der Waals surface area contributed by atoms with E-state index in [4.69, 9.17) is 10.2 Å². The molecule has 0 spiro atoms. The molecule has 2 aliphatic rings. The van der Waals surface area contributed by atoms with E-state index in [0.717, 1.165) is 25.7 Å². The van der Waals surface area contributed by atoms with Crippen molar-refractivity contribution in [2.75, 3.05) is 4.90 Å². The Morgan fingerprint density at radius 2 is 2.00 bits per heavy atom. The molecule has 6 nitrogen and oxygen atoms in total. The SMILES string of the molecule is CC(N)c1nnc(N2C3CCC2CC(O)C3)o1. The summed E-state index contributed by atoms with van der Waals surface area (Å²) in [6.45, 7) is 1.83. The molecular formula is C11H18N4O2. The molecule has 1 aromatic rings. The fraction of sp³-hybridized carbons (Fsp3) is 0.818. The summed E-state index contributed by atoms with van der Waals surface area (Å²) in [6, 6.07) is 1.01. The molecule has 2 fully saturated rings. The first-order valence-electron chi connectivity index (χ1n) is 6.20. The van der Waals surface area contributed by atoms with E-state index < -0.39 is 0 Å². The van der Waals surface area contributed by atoms with Gasteiger partial charge in [-0.05, 0) is 32.6 Å². The smallest absolute Gasteiger partial charge is 0.318 e. The summed E-state index contributed by atoms with van der Waals surface area (Å²) in [4.78, 5) is 2.17. The maximum absolute atomic E-state index is 9.73. The molecule has 2 aliphatic heterocycles. The Morgan fingerprint density at radius 3 is 2.53 bits per heavy atom. The van der Waals surface area contributed by atoms with Crippen LogP contribution in [0.4, 0.5) is 6.01 Å². The first-order valence-corrected chi connectivity index (χ1v) is 6.20. The molecule has 3 rings (SSSR count). The van der Waals surface area contributed by atoms with Crippen molar-refractivity contribution in [3.05, 3.63) is 5.89 Å². The lowest BCUT2D eigenvalue weighted by Crippen LogP contribution is -2.45. The summed E-state index contributed by atoms with van der Waals surface area (Å²) >= 11 is 0. The number of anilines is 1. The van der Waals surface area contributed by atoms with E-state index in [1.807, 2.05) is 6.92 Å². The van der Waals surface area contributed by atoms with E-state index in [1.54, 1.807) is 0 Å². The molecule has 3 N–H and O–H groups in total. The van der Waals surface area contributed by atoms with Gasteiger partial charge in [0.25, 0.3) is 0 Å². The molecule has 94 valence electrons. The highest BCUT2D eigenvalue weighted by atomic mass is 16.4. The van der Waals surface area contributed by atoms with Gasteiger partial charge in [0.2, 0.25) is 5.89 Å². The van der Waals surface area contributed by atoms with Crippen molar-refractivity contribution in [2.24, 2.45) is 5.73 Å². The number of piperidine rings is 1. The van der Waals surface area contributed by atoms with Crippen LogP contribution >= 0.6 is 0 Å². The van der Waals surface area contributed by atoms with E-state index in [0.29, 0.717) is 24.0 Å². The molecule has 6 heteroatoms. The maximum atomic E-state index is 9.73. The molecule has 17 heavy (non-hydrogen) atoms. The second kappa shape index (κ2) is 3.96. The Bertz CT molecular complexity index is 392. The molecule has 0 aromatic carbocycles. The van der Waals surface area contributed by atoms with Crippen molar-refractivity contribution < 1.29 is 9.52 Å². The number of nitrogens with two attached hydrogens (primary N) is 1. The van der Waals surface area contributed by atoms with Gasteiger partial charge in [-0.15, -0.1) is 5.10 Å². The maximum Gasteiger partial charge on any atom is 0.318 e. The Balaban J connectivity index is 1.84. The van der Waals surface area contributed by atoms with Gasteiger partial charge in [0.1, 0.15) is 0 Å². The molecular weight excluding hydrogens is 220 g/mol. The number of aliphatic hydroxyl groups excluding tert-OH is 1. The van der Waals surface area contributed by atoms with Crippen LogP contribution < -0.4 is 10.6 Å². The van der Waals surface area contributed by atoms with Crippen molar-refractivity contribution in [3.8, 4) is 0 Å². The number of fused-ring (bicyclic) bond motifs is 2. The zero-order valence-corrected chi connectivity index (χ0v) is 9.91. The normalized spacial score (nSPS) is 34.1. The molecule has 2 bridgehead atoms. The van der Waals surface area contributed by atoms with Crippen molar-refractivity contribution in [1.29, 1.82) is 0 Å². The summed E-state index contributed by atoms with van der Waals surface area (Å²) in [5.41, 5.74) is 5.71. The standard InChI is InChI=1S/C11H18N4O2/c1-6(12)10-13-14-11(17-10)15-7-2-3-8(15)5-9(16)4-7/h6-9,16H,2-5,12H2,1H3. The number of aliphatic hydroxyl groups is 1. The molecule has 0 saturated carbocycles. The van der Waals surface area contributed by atoms with Crippen LogP contribution in [0, 0.1) is 0 Å². The zero-order valence-electron chi connectivity index (χ0n) is 9.91. The van der Waals surface area contributed by atoms with Crippen LogP contribution in [0.1, 0.15) is 44.5 Å². The lowest BCUT2D eigenvalue weighted by atomic mass is 10.0. The number of hydrogen-bond donors (Lipinski definition) is 2. The van der Waals surface area contributed by atoms with Gasteiger partial charge in [-0.25, -0.2) is 0 Å². The Kier molecular flexibility index (Phi) is 2.56. The van der Waals surface area contributed by atoms with Gasteiger partial charge in [0, 0.05) is 12.1 Å². The van der Waals surface area contributed by atoms with E-state index in [-0.39, 0.29) is 12.1 Å². The summed E-state index contributed by atoms with van der Waals surface area (Å²) in [6.07, 6.45) is 3.60. The van der Waals surface area contributed by atoms with Crippen LogP contribution in [0.15, 0.2) is 4.42 Å². The van der Waals surface area contributed by atoms with Gasteiger partial charge in [0.15, 0.2) is 0 Å². The monoisotopic (exact) mass is 238 g/mol. The van der Waals surface area contributed by atoms with Crippen LogP contribution in [0.25, 0.3) is 0 Å². The Labute approximate surface area is 99.8 Å². The summed E-state index contributed by atoms with van der Waals surface area (Å²) in [5.74, 6) is 0.477. The third kappa shape index (κ3) is 1.81. The number of aromatic nitrogens is 2. The fourth-order valence-corrected chi connectivity index (χ4v) is 2.98. The third-order valence-corrected chi connectivity index (χ3v) is 3.75. The van der Waals surface area contributed by atoms with Gasteiger partial charge < -0.3 is 20.2 Å². The Hall–Kier alpha value is -1.14. The molecule has 3 unspecified atom stereocenters. The number of hydrogen-bond acceptors (Lipinski definition) is 6. The predicted molar refractivity (Wildman–Crippen MR) is 61.4 cm³/mol. The van der Waals surface area contributed by atoms with E-state index in [9.17, 15) is 5.11 Å². The topological polar surface area (TPSA) is 88.4 Å². The lowest BCUT2D eigenvalue weighted by Gasteiger charge is -2.35. The summed E-state index contributed by atoms with van der Waals surface area (Å²) < 4.78 is 5.60. The van der Waals surface area contributed by atoms with E-state index in [1.165, 1.54) is 0 Å². The second-order valence-corrected chi connectivity index (χ2v) is 5.13. The largest absolute Gasteiger partial charge is 0.406 e. The van der Waals surface area contributed by atoms with Crippen LogP contribution in [-0.4, -0.2) is 33.5 Å². The van der Waals surface area contributed by atoms with Crippen molar-refractivity contribution >= 4 is 6.01 Å². The van der Waals surface area contributed by atoms with Crippen molar-refractivity contribution in [2.45, 2.75) is 56.8 Å². The highest BCUT2D eigenvalue weighted by Crippen LogP contribution is 2.38. The quantitative estimate of drug-likeness (QED) is 0.783. The second-order valence-electron chi connectivity index (χ2n) is 5.13. The van der Waals surface area contributed by atoms with Crippen molar-refractivity contribution in [1.82, 2.24) is 10.2 Å². The average molecular weight is 238 g/mol. The van der Waals surface area contributed by atoms with Crippen LogP contribution in [0.3, 0.4) is 0 Å². The molecule has 1 aromatic heterocycles. The van der Waals surface area contributed by atoms with Gasteiger partial charge in [-0.1, -0.05) is 5.10 Å². The van der Waals surface area contributed by atoms with Gasteiger partial charge in [-0.3, -0.25) is 0 Å². The molecule has 0 radical (unpaired) electrons. The third-order valence-electron chi connectivity index (χ3n) is 3.75. The van der Waals surface area contributed by atoms with E-state index in [2.05, 4.69) is 15.1 Å². The first-order chi connectivity index (χ1) is 8.15. The predicted octanol–water partition coefficient (Wildman–Crippen LogP) is 0.581. The average Bonchev–Trinajstić information content (AvgIpc) is 2.82. The van der Waals surface area contributed by atoms with Crippen LogP contribution in [0.2, 0.25) is 0 Å². The molecule has 3 heterocycles. The van der Waals surface area contributed by atoms with Gasteiger partial charge in [0.05, 0.1) is 12.1 Å². The summed E-state index contributed by atoms with van der Waals surface area (Å²) in [7, 11) is 0. The zero-order chi connectivity index (χ0) is 12.0. The molecule has 0 aliphatic carbocycles. The van der Waals surface area contributed by atoms with Crippen LogP contribution in [0.5, 0.6) is 0 Å². The van der Waals surface area contributed by atoms with Gasteiger partial charge in [-0.2, -0.15) is 0 Å². The summed E-state index contributed by atoms with van der Waals surface area (Å²) in [5, 5.41) is 17.8. The molecule has 3 atom stereocenters.